The van der Waals surface area contributed by atoms with E-state index in [4.69, 9.17) is 4.74 Å². The lowest BCUT2D eigenvalue weighted by molar-refractivity contribution is 0.259. The van der Waals surface area contributed by atoms with E-state index in [1.807, 2.05) is 84.9 Å². The molecule has 1 N–H and O–H groups in total. The fourth-order valence-corrected chi connectivity index (χ4v) is 3.55. The van der Waals surface area contributed by atoms with Gasteiger partial charge < -0.3 is 10.1 Å². The fourth-order valence-electron chi connectivity index (χ4n) is 3.55. The Morgan fingerprint density at radius 3 is 1.62 bits per heavy atom. The summed E-state index contributed by atoms with van der Waals surface area (Å²) in [6, 6.07) is 35.3. The van der Waals surface area contributed by atoms with Gasteiger partial charge in [-0.15, -0.1) is 0 Å². The van der Waals surface area contributed by atoms with Crippen LogP contribution < -0.4 is 15.0 Å². The quantitative estimate of drug-likeness (QED) is 0.354. The van der Waals surface area contributed by atoms with Gasteiger partial charge in [-0.25, -0.2) is 4.79 Å². The monoisotopic (exact) mass is 422 g/mol. The van der Waals surface area contributed by atoms with Gasteiger partial charge in [0.15, 0.2) is 0 Å². The maximum absolute atomic E-state index is 13.2. The van der Waals surface area contributed by atoms with E-state index in [1.165, 1.54) is 11.1 Å². The van der Waals surface area contributed by atoms with Gasteiger partial charge in [0.2, 0.25) is 0 Å². The fraction of sp³-hybridized carbons (Fsp3) is 0.107. The van der Waals surface area contributed by atoms with Crippen molar-refractivity contribution < 1.29 is 9.53 Å². The third-order valence-corrected chi connectivity index (χ3v) is 5.30. The Kier molecular flexibility index (Phi) is 6.83. The second kappa shape index (κ2) is 10.3. The van der Waals surface area contributed by atoms with Crippen molar-refractivity contribution in [1.82, 2.24) is 0 Å². The molecule has 4 nitrogen and oxygen atoms in total. The molecule has 0 unspecified atom stereocenters. The summed E-state index contributed by atoms with van der Waals surface area (Å²) in [5.41, 5.74) is 4.88. The molecule has 4 rings (SSSR count). The summed E-state index contributed by atoms with van der Waals surface area (Å²) in [6.45, 7) is 0. The SMILES string of the molecule is COc1ccc(CCc2ccc(NC(=O)N(c3ccccc3)c3ccccc3)cc2)cc1. The highest BCUT2D eigenvalue weighted by Gasteiger charge is 2.17. The lowest BCUT2D eigenvalue weighted by atomic mass is 10.0. The lowest BCUT2D eigenvalue weighted by Crippen LogP contribution is -2.30. The molecule has 0 radical (unpaired) electrons. The number of nitrogens with one attached hydrogen (secondary N) is 1. The number of aryl methyl sites for hydroxylation is 2. The number of benzene rings is 4. The average molecular weight is 423 g/mol. The van der Waals surface area contributed by atoms with Crippen LogP contribution in [0.25, 0.3) is 0 Å². The predicted molar refractivity (Wildman–Crippen MR) is 131 cm³/mol. The van der Waals surface area contributed by atoms with E-state index in [0.717, 1.165) is 35.7 Å². The molecular formula is C28H26N2O2. The summed E-state index contributed by atoms with van der Waals surface area (Å²) in [5, 5.41) is 3.03. The molecule has 0 atom stereocenters. The number of para-hydroxylation sites is 2. The Morgan fingerprint density at radius 2 is 1.16 bits per heavy atom. The summed E-state index contributed by atoms with van der Waals surface area (Å²) in [5.74, 6) is 0.869. The number of rotatable bonds is 7. The van der Waals surface area contributed by atoms with Crippen LogP contribution in [0.1, 0.15) is 11.1 Å². The number of methoxy groups -OCH3 is 1. The van der Waals surface area contributed by atoms with Gasteiger partial charge in [-0.05, 0) is 72.5 Å². The van der Waals surface area contributed by atoms with Crippen LogP contribution in [0.15, 0.2) is 109 Å². The Bertz CT molecular complexity index is 1090. The van der Waals surface area contributed by atoms with Gasteiger partial charge in [-0.2, -0.15) is 0 Å². The van der Waals surface area contributed by atoms with Gasteiger partial charge in [-0.3, -0.25) is 4.90 Å². The number of amides is 2. The molecule has 4 aromatic carbocycles. The minimum atomic E-state index is -0.201. The Balaban J connectivity index is 1.42. The first kappa shape index (κ1) is 21.2. The molecule has 0 saturated heterocycles. The van der Waals surface area contributed by atoms with Crippen LogP contribution in [0.5, 0.6) is 5.75 Å². The largest absolute Gasteiger partial charge is 0.497 e. The Labute approximate surface area is 189 Å². The number of carbonyl (C=O) groups excluding carboxylic acids is 1. The maximum atomic E-state index is 13.2. The number of hydrogen-bond acceptors (Lipinski definition) is 2. The molecule has 0 aromatic heterocycles. The highest BCUT2D eigenvalue weighted by atomic mass is 16.5. The lowest BCUT2D eigenvalue weighted by Gasteiger charge is -2.23. The summed E-state index contributed by atoms with van der Waals surface area (Å²) < 4.78 is 5.21. The van der Waals surface area contributed by atoms with E-state index in [1.54, 1.807) is 12.0 Å². The molecule has 0 saturated carbocycles. The van der Waals surface area contributed by atoms with E-state index in [2.05, 4.69) is 29.6 Å². The summed E-state index contributed by atoms with van der Waals surface area (Å²) in [4.78, 5) is 14.8. The number of ether oxygens (including phenoxy) is 1. The molecule has 2 amide bonds. The van der Waals surface area contributed by atoms with Crippen molar-refractivity contribution in [3.63, 3.8) is 0 Å². The first-order valence-corrected chi connectivity index (χ1v) is 10.7. The molecule has 0 heterocycles. The third kappa shape index (κ3) is 5.35. The standard InChI is InChI=1S/C28H26N2O2/c1-32-27-20-16-23(17-21-27)13-12-22-14-18-24(19-15-22)29-28(31)30(25-8-4-2-5-9-25)26-10-6-3-7-11-26/h2-11,14-21H,12-13H2,1H3,(H,29,31). The molecule has 0 aliphatic carbocycles. The number of anilines is 3. The van der Waals surface area contributed by atoms with Crippen LogP contribution >= 0.6 is 0 Å². The Hall–Kier alpha value is -4.05. The summed E-state index contributed by atoms with van der Waals surface area (Å²) >= 11 is 0. The number of hydrogen-bond donors (Lipinski definition) is 1. The van der Waals surface area contributed by atoms with Crippen molar-refractivity contribution in [3.05, 3.63) is 120 Å². The zero-order valence-corrected chi connectivity index (χ0v) is 18.1. The van der Waals surface area contributed by atoms with Crippen LogP contribution in [-0.4, -0.2) is 13.1 Å². The van der Waals surface area contributed by atoms with Crippen LogP contribution in [0.4, 0.5) is 21.9 Å². The number of carbonyl (C=O) groups is 1. The Morgan fingerprint density at radius 1 is 0.688 bits per heavy atom. The molecule has 0 bridgehead atoms. The second-order valence-electron chi connectivity index (χ2n) is 7.48. The van der Waals surface area contributed by atoms with Crippen LogP contribution in [0, 0.1) is 0 Å². The van der Waals surface area contributed by atoms with Gasteiger partial charge in [0.05, 0.1) is 18.5 Å². The van der Waals surface area contributed by atoms with E-state index in [-0.39, 0.29) is 6.03 Å². The third-order valence-electron chi connectivity index (χ3n) is 5.30. The normalized spacial score (nSPS) is 10.4. The van der Waals surface area contributed by atoms with Gasteiger partial charge in [0.25, 0.3) is 0 Å². The molecule has 0 fully saturated rings. The zero-order chi connectivity index (χ0) is 22.2. The van der Waals surface area contributed by atoms with Crippen molar-refractivity contribution in [3.8, 4) is 5.75 Å². The predicted octanol–water partition coefficient (Wildman–Crippen LogP) is 6.85. The van der Waals surface area contributed by atoms with Crippen LogP contribution in [-0.2, 0) is 12.8 Å². The molecule has 0 aliphatic rings. The first-order valence-electron chi connectivity index (χ1n) is 10.7. The topological polar surface area (TPSA) is 41.6 Å². The van der Waals surface area contributed by atoms with Crippen molar-refractivity contribution in [2.45, 2.75) is 12.8 Å². The summed E-state index contributed by atoms with van der Waals surface area (Å²) in [6.07, 6.45) is 1.88. The van der Waals surface area contributed by atoms with Gasteiger partial charge >= 0.3 is 6.03 Å². The van der Waals surface area contributed by atoms with Crippen molar-refractivity contribution in [2.75, 3.05) is 17.3 Å². The molecule has 32 heavy (non-hydrogen) atoms. The van der Waals surface area contributed by atoms with Crippen molar-refractivity contribution in [2.24, 2.45) is 0 Å². The average Bonchev–Trinajstić information content (AvgIpc) is 2.85. The van der Waals surface area contributed by atoms with E-state index in [0.29, 0.717) is 0 Å². The highest BCUT2D eigenvalue weighted by Crippen LogP contribution is 2.26. The van der Waals surface area contributed by atoms with Gasteiger partial charge in [0, 0.05) is 5.69 Å². The number of urea groups is 1. The molecule has 4 heteroatoms. The van der Waals surface area contributed by atoms with Crippen LogP contribution in [0.3, 0.4) is 0 Å². The van der Waals surface area contributed by atoms with Gasteiger partial charge in [-0.1, -0.05) is 60.7 Å². The van der Waals surface area contributed by atoms with E-state index in [9.17, 15) is 4.79 Å². The van der Waals surface area contributed by atoms with Gasteiger partial charge in [0.1, 0.15) is 5.75 Å². The molecular weight excluding hydrogens is 396 g/mol. The van der Waals surface area contributed by atoms with E-state index < -0.39 is 0 Å². The van der Waals surface area contributed by atoms with Crippen molar-refractivity contribution >= 4 is 23.1 Å². The molecule has 0 spiro atoms. The van der Waals surface area contributed by atoms with Crippen molar-refractivity contribution in [1.29, 1.82) is 0 Å². The second-order valence-corrected chi connectivity index (χ2v) is 7.48. The van der Waals surface area contributed by atoms with E-state index >= 15 is 0 Å². The molecule has 4 aromatic rings. The molecule has 0 aliphatic heterocycles. The number of nitrogens with zero attached hydrogens (tertiary/aromatic N) is 1. The smallest absolute Gasteiger partial charge is 0.330 e. The highest BCUT2D eigenvalue weighted by molar-refractivity contribution is 6.07. The first-order chi connectivity index (χ1) is 15.7. The van der Waals surface area contributed by atoms with Crippen LogP contribution in [0.2, 0.25) is 0 Å². The zero-order valence-electron chi connectivity index (χ0n) is 18.1. The summed E-state index contributed by atoms with van der Waals surface area (Å²) in [7, 11) is 1.67. The minimum absolute atomic E-state index is 0.201. The minimum Gasteiger partial charge on any atom is -0.497 e. The maximum Gasteiger partial charge on any atom is 0.330 e. The molecule has 160 valence electrons.